The fourth-order valence-corrected chi connectivity index (χ4v) is 2.48. The Morgan fingerprint density at radius 3 is 2.67 bits per heavy atom. The summed E-state index contributed by atoms with van der Waals surface area (Å²) < 4.78 is 3.08. The number of aromatic nitrogens is 2. The molecule has 0 spiro atoms. The third-order valence-corrected chi connectivity index (χ3v) is 3.61. The molecule has 0 aliphatic rings. The van der Waals surface area contributed by atoms with Crippen molar-refractivity contribution in [3.8, 4) is 0 Å². The summed E-state index contributed by atoms with van der Waals surface area (Å²) in [5.74, 6) is 0. The Morgan fingerprint density at radius 2 is 1.94 bits per heavy atom. The van der Waals surface area contributed by atoms with Crippen molar-refractivity contribution in [2.45, 2.75) is 13.3 Å². The minimum absolute atomic E-state index is 0.869. The van der Waals surface area contributed by atoms with Gasteiger partial charge in [-0.3, -0.25) is 0 Å². The lowest BCUT2D eigenvalue weighted by atomic mass is 10.1. The van der Waals surface area contributed by atoms with Crippen molar-refractivity contribution in [2.24, 2.45) is 0 Å². The van der Waals surface area contributed by atoms with Gasteiger partial charge in [-0.1, -0.05) is 29.8 Å². The van der Waals surface area contributed by atoms with Crippen LogP contribution < -0.4 is 0 Å². The molecule has 3 rings (SSSR count). The van der Waals surface area contributed by atoms with Crippen LogP contribution in [-0.4, -0.2) is 9.38 Å². The Morgan fingerprint density at radius 1 is 1.17 bits per heavy atom. The second kappa shape index (κ2) is 4.58. The van der Waals surface area contributed by atoms with Crippen molar-refractivity contribution < 1.29 is 0 Å². The van der Waals surface area contributed by atoms with Crippen molar-refractivity contribution in [1.82, 2.24) is 9.38 Å². The summed E-state index contributed by atoms with van der Waals surface area (Å²) >= 11 is 3.52. The van der Waals surface area contributed by atoms with Gasteiger partial charge in [0, 0.05) is 18.8 Å². The molecule has 0 aliphatic heterocycles. The lowest BCUT2D eigenvalue weighted by Gasteiger charge is -1.98. The molecule has 2 aromatic heterocycles. The van der Waals surface area contributed by atoms with E-state index in [0.29, 0.717) is 0 Å². The van der Waals surface area contributed by atoms with Gasteiger partial charge in [-0.15, -0.1) is 0 Å². The van der Waals surface area contributed by atoms with Crippen LogP contribution in [0.3, 0.4) is 0 Å². The number of aryl methyl sites for hydroxylation is 1. The molecule has 2 heterocycles. The van der Waals surface area contributed by atoms with Gasteiger partial charge in [0.2, 0.25) is 0 Å². The molecule has 0 fully saturated rings. The molecule has 0 bridgehead atoms. The maximum absolute atomic E-state index is 4.65. The molecule has 18 heavy (non-hydrogen) atoms. The average molecular weight is 301 g/mol. The summed E-state index contributed by atoms with van der Waals surface area (Å²) in [6.07, 6.45) is 4.97. The molecule has 0 amide bonds. The zero-order valence-electron chi connectivity index (χ0n) is 10.1. The van der Waals surface area contributed by atoms with E-state index in [-0.39, 0.29) is 0 Å². The van der Waals surface area contributed by atoms with E-state index >= 15 is 0 Å². The van der Waals surface area contributed by atoms with Crippen molar-refractivity contribution in [3.63, 3.8) is 0 Å². The predicted molar refractivity (Wildman–Crippen MR) is 76.9 cm³/mol. The average Bonchev–Trinajstić information content (AvgIpc) is 2.76. The molecule has 0 aliphatic carbocycles. The van der Waals surface area contributed by atoms with Gasteiger partial charge < -0.3 is 4.40 Å². The zero-order valence-corrected chi connectivity index (χ0v) is 11.7. The van der Waals surface area contributed by atoms with Gasteiger partial charge in [0.05, 0.1) is 10.2 Å². The number of hydrogen-bond donors (Lipinski definition) is 0. The zero-order chi connectivity index (χ0) is 12.5. The predicted octanol–water partition coefficient (Wildman–Crippen LogP) is 4.00. The van der Waals surface area contributed by atoms with Gasteiger partial charge in [-0.2, -0.15) is 0 Å². The van der Waals surface area contributed by atoms with Crippen molar-refractivity contribution in [1.29, 1.82) is 0 Å². The third-order valence-electron chi connectivity index (χ3n) is 2.99. The van der Waals surface area contributed by atoms with E-state index in [1.165, 1.54) is 11.1 Å². The number of imidazole rings is 1. The fourth-order valence-electron chi connectivity index (χ4n) is 2.03. The Balaban J connectivity index is 1.95. The molecular weight excluding hydrogens is 288 g/mol. The molecule has 0 N–H and O–H groups in total. The molecule has 90 valence electrons. The molecule has 1 aromatic carbocycles. The molecule has 3 heteroatoms. The van der Waals surface area contributed by atoms with E-state index < -0.39 is 0 Å². The number of nitrogens with zero attached hydrogens (tertiary/aromatic N) is 2. The summed E-state index contributed by atoms with van der Waals surface area (Å²) in [5, 5.41) is 0. The normalized spacial score (nSPS) is 11.0. The molecule has 3 aromatic rings. The molecule has 0 radical (unpaired) electrons. The van der Waals surface area contributed by atoms with Gasteiger partial charge in [-0.05, 0) is 40.5 Å². The minimum atomic E-state index is 0.869. The Hall–Kier alpha value is -1.61. The van der Waals surface area contributed by atoms with Crippen LogP contribution in [0.4, 0.5) is 0 Å². The van der Waals surface area contributed by atoms with Crippen molar-refractivity contribution in [3.05, 3.63) is 70.1 Å². The SMILES string of the molecule is Cc1ccc(Cc2cn3cccc(Br)c3n2)cc1. The van der Waals surface area contributed by atoms with Crippen LogP contribution >= 0.6 is 15.9 Å². The highest BCUT2D eigenvalue weighted by molar-refractivity contribution is 9.10. The van der Waals surface area contributed by atoms with Crippen LogP contribution in [0.1, 0.15) is 16.8 Å². The van der Waals surface area contributed by atoms with Crippen LogP contribution in [0, 0.1) is 6.92 Å². The smallest absolute Gasteiger partial charge is 0.151 e. The second-order valence-electron chi connectivity index (χ2n) is 4.48. The Bertz CT molecular complexity index is 683. The highest BCUT2D eigenvalue weighted by Gasteiger charge is 2.05. The number of rotatable bonds is 2. The Kier molecular flexibility index (Phi) is 2.92. The van der Waals surface area contributed by atoms with E-state index in [4.69, 9.17) is 0 Å². The first-order chi connectivity index (χ1) is 8.72. The number of halogens is 1. The van der Waals surface area contributed by atoms with Crippen LogP contribution in [0.25, 0.3) is 5.65 Å². The number of benzene rings is 1. The van der Waals surface area contributed by atoms with E-state index in [1.54, 1.807) is 0 Å². The molecule has 0 atom stereocenters. The summed E-state index contributed by atoms with van der Waals surface area (Å²) in [6.45, 7) is 2.10. The van der Waals surface area contributed by atoms with Gasteiger partial charge in [0.25, 0.3) is 0 Å². The highest BCUT2D eigenvalue weighted by atomic mass is 79.9. The molecule has 2 nitrogen and oxygen atoms in total. The van der Waals surface area contributed by atoms with Crippen molar-refractivity contribution >= 4 is 21.6 Å². The van der Waals surface area contributed by atoms with Crippen LogP contribution in [0.15, 0.2) is 53.3 Å². The standard InChI is InChI=1S/C15H13BrN2/c1-11-4-6-12(7-5-11)9-13-10-18-8-2-3-14(16)15(18)17-13/h2-8,10H,9H2,1H3. The van der Waals surface area contributed by atoms with E-state index in [9.17, 15) is 0 Å². The van der Waals surface area contributed by atoms with E-state index in [0.717, 1.165) is 22.2 Å². The summed E-state index contributed by atoms with van der Waals surface area (Å²) in [7, 11) is 0. The second-order valence-corrected chi connectivity index (χ2v) is 5.34. The van der Waals surface area contributed by atoms with Crippen molar-refractivity contribution in [2.75, 3.05) is 0 Å². The lowest BCUT2D eigenvalue weighted by Crippen LogP contribution is -1.87. The monoisotopic (exact) mass is 300 g/mol. The van der Waals surface area contributed by atoms with Crippen LogP contribution in [-0.2, 0) is 6.42 Å². The maximum atomic E-state index is 4.65. The van der Waals surface area contributed by atoms with Gasteiger partial charge in [0.1, 0.15) is 0 Å². The lowest BCUT2D eigenvalue weighted by molar-refractivity contribution is 1.11. The summed E-state index contributed by atoms with van der Waals surface area (Å²) in [4.78, 5) is 4.65. The minimum Gasteiger partial charge on any atom is -0.306 e. The first kappa shape index (κ1) is 11.5. The summed E-state index contributed by atoms with van der Waals surface area (Å²) in [5.41, 5.74) is 4.64. The molecule has 0 saturated heterocycles. The van der Waals surface area contributed by atoms with Gasteiger partial charge >= 0.3 is 0 Å². The van der Waals surface area contributed by atoms with Gasteiger partial charge in [0.15, 0.2) is 5.65 Å². The first-order valence-corrected chi connectivity index (χ1v) is 6.69. The van der Waals surface area contributed by atoms with Gasteiger partial charge in [-0.25, -0.2) is 4.98 Å². The van der Waals surface area contributed by atoms with E-state index in [2.05, 4.69) is 58.3 Å². The number of hydrogen-bond acceptors (Lipinski definition) is 1. The molecule has 0 saturated carbocycles. The maximum Gasteiger partial charge on any atom is 0.151 e. The largest absolute Gasteiger partial charge is 0.306 e. The summed E-state index contributed by atoms with van der Waals surface area (Å²) in [6, 6.07) is 12.6. The highest BCUT2D eigenvalue weighted by Crippen LogP contribution is 2.18. The molecule has 0 unspecified atom stereocenters. The fraction of sp³-hybridized carbons (Fsp3) is 0.133. The number of pyridine rings is 1. The van der Waals surface area contributed by atoms with E-state index in [1.807, 2.05) is 22.7 Å². The molecular formula is C15H13BrN2. The third kappa shape index (κ3) is 2.18. The van der Waals surface area contributed by atoms with Crippen LogP contribution in [0.5, 0.6) is 0 Å². The number of fused-ring (bicyclic) bond motifs is 1. The Labute approximate surface area is 114 Å². The quantitative estimate of drug-likeness (QED) is 0.699. The topological polar surface area (TPSA) is 17.3 Å². The first-order valence-electron chi connectivity index (χ1n) is 5.90. The van der Waals surface area contributed by atoms with Crippen LogP contribution in [0.2, 0.25) is 0 Å².